The summed E-state index contributed by atoms with van der Waals surface area (Å²) in [5.41, 5.74) is 5.76. The fraction of sp³-hybridized carbons (Fsp3) is 0.538. The molecule has 0 amide bonds. The summed E-state index contributed by atoms with van der Waals surface area (Å²) >= 11 is 1.77. The zero-order valence-corrected chi connectivity index (χ0v) is 11.4. The minimum absolute atomic E-state index is 0.610. The Morgan fingerprint density at radius 2 is 2.39 bits per heavy atom. The van der Waals surface area contributed by atoms with E-state index in [1.54, 1.807) is 17.7 Å². The normalized spacial score (nSPS) is 19.9. The lowest BCUT2D eigenvalue weighted by atomic mass is 10.1. The lowest BCUT2D eigenvalue weighted by Gasteiger charge is -2.17. The average Bonchev–Trinajstić information content (AvgIpc) is 3.04. The van der Waals surface area contributed by atoms with Crippen molar-refractivity contribution in [1.82, 2.24) is 9.97 Å². The van der Waals surface area contributed by atoms with Crippen molar-refractivity contribution in [3.05, 3.63) is 17.3 Å². The summed E-state index contributed by atoms with van der Waals surface area (Å²) in [5, 5.41) is 1.21. The molecule has 1 saturated heterocycles. The van der Waals surface area contributed by atoms with Crippen molar-refractivity contribution in [2.45, 2.75) is 19.8 Å². The maximum atomic E-state index is 5.76. The van der Waals surface area contributed by atoms with Gasteiger partial charge in [0.2, 0.25) is 0 Å². The number of aryl methyl sites for hydroxylation is 1. The van der Waals surface area contributed by atoms with Gasteiger partial charge in [0, 0.05) is 18.0 Å². The number of hydrogen-bond acceptors (Lipinski definition) is 5. The van der Waals surface area contributed by atoms with Gasteiger partial charge in [0.1, 0.15) is 17.0 Å². The molecule has 0 saturated carbocycles. The van der Waals surface area contributed by atoms with Crippen molar-refractivity contribution in [1.29, 1.82) is 0 Å². The van der Waals surface area contributed by atoms with Gasteiger partial charge in [0.15, 0.2) is 0 Å². The second kappa shape index (κ2) is 4.82. The fourth-order valence-electron chi connectivity index (χ4n) is 2.54. The molecule has 2 aromatic heterocycles. The van der Waals surface area contributed by atoms with Crippen LogP contribution < -0.4 is 10.6 Å². The molecule has 0 bridgehead atoms. The molecule has 3 rings (SSSR count). The van der Waals surface area contributed by atoms with Crippen molar-refractivity contribution in [2.24, 2.45) is 11.7 Å². The Balaban J connectivity index is 1.98. The van der Waals surface area contributed by atoms with Gasteiger partial charge in [0.25, 0.3) is 0 Å². The van der Waals surface area contributed by atoms with E-state index in [0.717, 1.165) is 36.7 Å². The highest BCUT2D eigenvalue weighted by Gasteiger charge is 2.24. The molecular weight excluding hydrogens is 244 g/mol. The standard InChI is InChI=1S/C13H18N4S/c1-2-10-5-11-12(15-8-16-13(11)18-10)17-4-3-9(6-14)7-17/h5,8-9H,2-4,6-7,14H2,1H3. The molecule has 2 aromatic rings. The smallest absolute Gasteiger partial charge is 0.140 e. The van der Waals surface area contributed by atoms with Gasteiger partial charge in [0.05, 0.1) is 5.39 Å². The van der Waals surface area contributed by atoms with E-state index >= 15 is 0 Å². The van der Waals surface area contributed by atoms with Crippen molar-refractivity contribution in [3.63, 3.8) is 0 Å². The minimum Gasteiger partial charge on any atom is -0.356 e. The van der Waals surface area contributed by atoms with Crippen molar-refractivity contribution >= 4 is 27.4 Å². The molecule has 1 atom stereocenters. The topological polar surface area (TPSA) is 55.0 Å². The number of rotatable bonds is 3. The molecule has 1 aliphatic rings. The summed E-state index contributed by atoms with van der Waals surface area (Å²) in [4.78, 5) is 13.7. The van der Waals surface area contributed by atoms with E-state index in [4.69, 9.17) is 5.73 Å². The highest BCUT2D eigenvalue weighted by atomic mass is 32.1. The molecule has 1 aliphatic heterocycles. The monoisotopic (exact) mass is 262 g/mol. The van der Waals surface area contributed by atoms with Crippen LogP contribution in [0.5, 0.6) is 0 Å². The zero-order chi connectivity index (χ0) is 12.5. The van der Waals surface area contributed by atoms with Gasteiger partial charge in [-0.2, -0.15) is 0 Å². The van der Waals surface area contributed by atoms with Gasteiger partial charge in [-0.15, -0.1) is 11.3 Å². The summed E-state index contributed by atoms with van der Waals surface area (Å²) < 4.78 is 0. The van der Waals surface area contributed by atoms with Crippen LogP contribution in [0.4, 0.5) is 5.82 Å². The lowest BCUT2D eigenvalue weighted by molar-refractivity contribution is 0.602. The van der Waals surface area contributed by atoms with E-state index in [1.807, 2.05) is 0 Å². The number of nitrogens with two attached hydrogens (primary N) is 1. The SMILES string of the molecule is CCc1cc2c(N3CCC(CN)C3)ncnc2s1. The van der Waals surface area contributed by atoms with Gasteiger partial charge in [-0.1, -0.05) is 6.92 Å². The van der Waals surface area contributed by atoms with E-state index in [0.29, 0.717) is 5.92 Å². The van der Waals surface area contributed by atoms with E-state index in [2.05, 4.69) is 27.9 Å². The van der Waals surface area contributed by atoms with Gasteiger partial charge >= 0.3 is 0 Å². The van der Waals surface area contributed by atoms with Crippen molar-refractivity contribution in [2.75, 3.05) is 24.5 Å². The molecule has 0 aliphatic carbocycles. The van der Waals surface area contributed by atoms with Crippen LogP contribution in [-0.2, 0) is 6.42 Å². The molecule has 0 radical (unpaired) electrons. The second-order valence-corrected chi connectivity index (χ2v) is 5.93. The molecule has 0 aromatic carbocycles. The Kier molecular flexibility index (Phi) is 3.18. The lowest BCUT2D eigenvalue weighted by Crippen LogP contribution is -2.23. The Hall–Kier alpha value is -1.20. The first-order chi connectivity index (χ1) is 8.81. The summed E-state index contributed by atoms with van der Waals surface area (Å²) in [5.74, 6) is 1.70. The molecule has 96 valence electrons. The van der Waals surface area contributed by atoms with Crippen LogP contribution in [0, 0.1) is 5.92 Å². The molecule has 5 heteroatoms. The maximum absolute atomic E-state index is 5.76. The Morgan fingerprint density at radius 3 is 3.11 bits per heavy atom. The number of nitrogens with zero attached hydrogens (tertiary/aromatic N) is 3. The summed E-state index contributed by atoms with van der Waals surface area (Å²) in [7, 11) is 0. The van der Waals surface area contributed by atoms with Gasteiger partial charge < -0.3 is 10.6 Å². The van der Waals surface area contributed by atoms with E-state index < -0.39 is 0 Å². The molecule has 3 heterocycles. The molecular formula is C13H18N4S. The van der Waals surface area contributed by atoms with E-state index in [-0.39, 0.29) is 0 Å². The zero-order valence-electron chi connectivity index (χ0n) is 10.6. The van der Waals surface area contributed by atoms with Gasteiger partial charge in [-0.05, 0) is 31.4 Å². The number of hydrogen-bond donors (Lipinski definition) is 1. The van der Waals surface area contributed by atoms with Crippen LogP contribution in [0.3, 0.4) is 0 Å². The second-order valence-electron chi connectivity index (χ2n) is 4.82. The summed E-state index contributed by atoms with van der Waals surface area (Å²) in [6.45, 7) is 5.04. The van der Waals surface area contributed by atoms with Crippen LogP contribution in [0.25, 0.3) is 10.2 Å². The Morgan fingerprint density at radius 1 is 1.50 bits per heavy atom. The first-order valence-electron chi connectivity index (χ1n) is 6.50. The van der Waals surface area contributed by atoms with E-state index in [1.165, 1.54) is 16.7 Å². The highest BCUT2D eigenvalue weighted by Crippen LogP contribution is 2.32. The predicted molar refractivity (Wildman–Crippen MR) is 76.2 cm³/mol. The number of anilines is 1. The highest BCUT2D eigenvalue weighted by molar-refractivity contribution is 7.18. The predicted octanol–water partition coefficient (Wildman–Crippen LogP) is 2.04. The number of aromatic nitrogens is 2. The largest absolute Gasteiger partial charge is 0.356 e. The van der Waals surface area contributed by atoms with Crippen LogP contribution in [0.2, 0.25) is 0 Å². The average molecular weight is 262 g/mol. The van der Waals surface area contributed by atoms with E-state index in [9.17, 15) is 0 Å². The third kappa shape index (κ3) is 1.97. The molecule has 1 fully saturated rings. The first kappa shape index (κ1) is 11.9. The van der Waals surface area contributed by atoms with Gasteiger partial charge in [-0.3, -0.25) is 0 Å². The minimum atomic E-state index is 0.610. The number of thiophene rings is 1. The maximum Gasteiger partial charge on any atom is 0.140 e. The van der Waals surface area contributed by atoms with Crippen LogP contribution in [0.15, 0.2) is 12.4 Å². The molecule has 1 unspecified atom stereocenters. The van der Waals surface area contributed by atoms with Crippen LogP contribution in [-0.4, -0.2) is 29.6 Å². The fourth-order valence-corrected chi connectivity index (χ4v) is 3.47. The van der Waals surface area contributed by atoms with Crippen LogP contribution in [0.1, 0.15) is 18.2 Å². The summed E-state index contributed by atoms with van der Waals surface area (Å²) in [6.07, 6.45) is 3.92. The molecule has 2 N–H and O–H groups in total. The third-order valence-electron chi connectivity index (χ3n) is 3.63. The van der Waals surface area contributed by atoms with Crippen molar-refractivity contribution in [3.8, 4) is 0 Å². The number of fused-ring (bicyclic) bond motifs is 1. The molecule has 4 nitrogen and oxygen atoms in total. The van der Waals surface area contributed by atoms with Gasteiger partial charge in [-0.25, -0.2) is 9.97 Å². The quantitative estimate of drug-likeness (QED) is 0.919. The first-order valence-corrected chi connectivity index (χ1v) is 7.32. The molecule has 0 spiro atoms. The summed E-state index contributed by atoms with van der Waals surface area (Å²) in [6, 6.07) is 2.24. The Bertz CT molecular complexity index is 551. The Labute approximate surface area is 111 Å². The molecule has 18 heavy (non-hydrogen) atoms. The van der Waals surface area contributed by atoms with Crippen molar-refractivity contribution < 1.29 is 0 Å². The van der Waals surface area contributed by atoms with Crippen LogP contribution >= 0.6 is 11.3 Å². The third-order valence-corrected chi connectivity index (χ3v) is 4.81.